The molecule has 0 spiro atoms. The number of aromatic amines is 1. The first-order chi connectivity index (χ1) is 12.5. The van der Waals surface area contributed by atoms with Gasteiger partial charge in [-0.05, 0) is 30.2 Å². The molecule has 26 heavy (non-hydrogen) atoms. The van der Waals surface area contributed by atoms with Crippen LogP contribution in [0.2, 0.25) is 0 Å². The maximum absolute atomic E-state index is 13.1. The summed E-state index contributed by atoms with van der Waals surface area (Å²) in [6.45, 7) is 4.47. The van der Waals surface area contributed by atoms with E-state index in [1.165, 1.54) is 7.11 Å². The van der Waals surface area contributed by atoms with Gasteiger partial charge in [-0.15, -0.1) is 11.3 Å². The second kappa shape index (κ2) is 7.90. The zero-order valence-electron chi connectivity index (χ0n) is 15.2. The van der Waals surface area contributed by atoms with Crippen LogP contribution in [0.5, 0.6) is 0 Å². The highest BCUT2D eigenvalue weighted by Gasteiger charge is 2.37. The third-order valence-electron chi connectivity index (χ3n) is 4.63. The van der Waals surface area contributed by atoms with Crippen molar-refractivity contribution in [2.45, 2.75) is 38.8 Å². The van der Waals surface area contributed by atoms with Crippen molar-refractivity contribution in [3.63, 3.8) is 0 Å². The van der Waals surface area contributed by atoms with Gasteiger partial charge in [0.2, 0.25) is 5.91 Å². The van der Waals surface area contributed by atoms with Crippen LogP contribution in [0.3, 0.4) is 0 Å². The molecule has 7 nitrogen and oxygen atoms in total. The molecule has 1 fully saturated rings. The topological polar surface area (TPSA) is 87.3 Å². The number of alkyl carbamates (subject to hydrolysis) is 1. The molecule has 2 atom stereocenters. The minimum Gasteiger partial charge on any atom is -0.453 e. The molecule has 3 heterocycles. The number of aromatic nitrogens is 2. The van der Waals surface area contributed by atoms with E-state index in [2.05, 4.69) is 20.0 Å². The molecule has 1 aliphatic heterocycles. The fourth-order valence-electron chi connectivity index (χ4n) is 3.26. The Morgan fingerprint density at radius 2 is 2.27 bits per heavy atom. The first-order valence-corrected chi connectivity index (χ1v) is 9.63. The number of carbonyl (C=O) groups is 2. The minimum atomic E-state index is -0.616. The van der Waals surface area contributed by atoms with E-state index in [4.69, 9.17) is 0 Å². The lowest BCUT2D eigenvalue weighted by atomic mass is 10.0. The summed E-state index contributed by atoms with van der Waals surface area (Å²) < 4.78 is 4.66. The second-order valence-corrected chi connectivity index (χ2v) is 7.65. The van der Waals surface area contributed by atoms with Gasteiger partial charge >= 0.3 is 6.09 Å². The van der Waals surface area contributed by atoms with Gasteiger partial charge in [0.1, 0.15) is 11.9 Å². The molecule has 140 valence electrons. The van der Waals surface area contributed by atoms with Gasteiger partial charge < -0.3 is 19.9 Å². The third kappa shape index (κ3) is 3.75. The molecule has 0 aliphatic carbocycles. The summed E-state index contributed by atoms with van der Waals surface area (Å²) >= 11 is 1.64. The first-order valence-electron chi connectivity index (χ1n) is 8.75. The number of hydrogen-bond donors (Lipinski definition) is 2. The predicted molar refractivity (Wildman–Crippen MR) is 99.8 cm³/mol. The Morgan fingerprint density at radius 3 is 2.92 bits per heavy atom. The van der Waals surface area contributed by atoms with Crippen molar-refractivity contribution in [1.82, 2.24) is 20.2 Å². The monoisotopic (exact) mass is 376 g/mol. The molecular formula is C18H24N4O3S. The Morgan fingerprint density at radius 1 is 1.46 bits per heavy atom. The van der Waals surface area contributed by atoms with Crippen LogP contribution in [0.25, 0.3) is 10.6 Å². The molecule has 2 amide bonds. The van der Waals surface area contributed by atoms with Crippen LogP contribution in [0.1, 0.15) is 38.6 Å². The predicted octanol–water partition coefficient (Wildman–Crippen LogP) is 3.18. The maximum atomic E-state index is 13.1. The Kier molecular flexibility index (Phi) is 5.61. The molecule has 2 aromatic rings. The summed E-state index contributed by atoms with van der Waals surface area (Å²) in [5, 5.41) is 4.68. The zero-order chi connectivity index (χ0) is 18.7. The molecule has 0 saturated carbocycles. The summed E-state index contributed by atoms with van der Waals surface area (Å²) in [6, 6.07) is 3.32. The highest BCUT2D eigenvalue weighted by Crippen LogP contribution is 2.33. The highest BCUT2D eigenvalue weighted by molar-refractivity contribution is 7.13. The summed E-state index contributed by atoms with van der Waals surface area (Å²) in [5.74, 6) is 0.655. The van der Waals surface area contributed by atoms with Crippen LogP contribution in [-0.4, -0.2) is 46.6 Å². The van der Waals surface area contributed by atoms with E-state index in [1.807, 2.05) is 42.5 Å². The SMILES string of the molecule is COC(=O)NC(C(=O)N1CCC[C@H]1c1ncc(-c2cccs2)[nH]1)C(C)C. The lowest BCUT2D eigenvalue weighted by Gasteiger charge is -2.30. The van der Waals surface area contributed by atoms with Gasteiger partial charge in [-0.3, -0.25) is 4.79 Å². The number of thiophene rings is 1. The van der Waals surface area contributed by atoms with E-state index in [0.29, 0.717) is 6.54 Å². The van der Waals surface area contributed by atoms with Gasteiger partial charge in [-0.2, -0.15) is 0 Å². The number of nitrogens with zero attached hydrogens (tertiary/aromatic N) is 2. The van der Waals surface area contributed by atoms with E-state index >= 15 is 0 Å². The number of hydrogen-bond acceptors (Lipinski definition) is 5. The minimum absolute atomic E-state index is 0.0406. The Hall–Kier alpha value is -2.35. The normalized spacial score (nSPS) is 18.2. The molecular weight excluding hydrogens is 352 g/mol. The molecule has 2 aromatic heterocycles. The van der Waals surface area contributed by atoms with Crippen LogP contribution in [0, 0.1) is 5.92 Å². The fraction of sp³-hybridized carbons (Fsp3) is 0.500. The zero-order valence-corrected chi connectivity index (χ0v) is 16.0. The van der Waals surface area contributed by atoms with Crippen LogP contribution in [0.15, 0.2) is 23.7 Å². The van der Waals surface area contributed by atoms with Crippen molar-refractivity contribution in [3.8, 4) is 10.6 Å². The number of rotatable bonds is 5. The van der Waals surface area contributed by atoms with Crippen molar-refractivity contribution in [1.29, 1.82) is 0 Å². The van der Waals surface area contributed by atoms with Crippen LogP contribution < -0.4 is 5.32 Å². The van der Waals surface area contributed by atoms with Crippen LogP contribution in [0.4, 0.5) is 4.79 Å². The standard InChI is InChI=1S/C18H24N4O3S/c1-11(2)15(21-18(24)25-3)17(23)22-8-4-6-13(22)16-19-10-12(20-16)14-7-5-9-26-14/h5,7,9-11,13,15H,4,6,8H2,1-3H3,(H,19,20)(H,21,24)/t13-,15?/m0/s1. The maximum Gasteiger partial charge on any atom is 0.407 e. The highest BCUT2D eigenvalue weighted by atomic mass is 32.1. The average molecular weight is 376 g/mol. The molecule has 1 unspecified atom stereocenters. The third-order valence-corrected chi connectivity index (χ3v) is 5.53. The van der Waals surface area contributed by atoms with E-state index < -0.39 is 12.1 Å². The molecule has 1 aliphatic rings. The van der Waals surface area contributed by atoms with Crippen molar-refractivity contribution >= 4 is 23.3 Å². The van der Waals surface area contributed by atoms with Crippen molar-refractivity contribution < 1.29 is 14.3 Å². The van der Waals surface area contributed by atoms with Gasteiger partial charge in [0.25, 0.3) is 0 Å². The fourth-order valence-corrected chi connectivity index (χ4v) is 3.95. The van der Waals surface area contributed by atoms with E-state index in [0.717, 1.165) is 29.2 Å². The smallest absolute Gasteiger partial charge is 0.407 e. The number of ether oxygens (including phenoxy) is 1. The largest absolute Gasteiger partial charge is 0.453 e. The van der Waals surface area contributed by atoms with Gasteiger partial charge in [0, 0.05) is 6.54 Å². The quantitative estimate of drug-likeness (QED) is 0.839. The first kappa shape index (κ1) is 18.4. The van der Waals surface area contributed by atoms with Crippen molar-refractivity contribution in [2.75, 3.05) is 13.7 Å². The molecule has 1 saturated heterocycles. The number of nitrogens with one attached hydrogen (secondary N) is 2. The number of likely N-dealkylation sites (tertiary alicyclic amines) is 1. The van der Waals surface area contributed by atoms with Crippen molar-refractivity contribution in [3.05, 3.63) is 29.5 Å². The van der Waals surface area contributed by atoms with Gasteiger partial charge in [0.15, 0.2) is 0 Å². The molecule has 0 bridgehead atoms. The van der Waals surface area contributed by atoms with Crippen molar-refractivity contribution in [2.24, 2.45) is 5.92 Å². The number of carbonyl (C=O) groups excluding carboxylic acids is 2. The summed E-state index contributed by atoms with van der Waals surface area (Å²) in [6.07, 6.45) is 2.99. The lowest BCUT2D eigenvalue weighted by molar-refractivity contribution is -0.135. The Labute approximate surface area is 156 Å². The van der Waals surface area contributed by atoms with E-state index in [-0.39, 0.29) is 17.9 Å². The van der Waals surface area contributed by atoms with E-state index in [9.17, 15) is 9.59 Å². The Balaban J connectivity index is 1.78. The molecule has 3 rings (SSSR count). The number of methoxy groups -OCH3 is 1. The van der Waals surface area contributed by atoms with Crippen LogP contribution in [-0.2, 0) is 9.53 Å². The number of imidazole rings is 1. The van der Waals surface area contributed by atoms with Gasteiger partial charge in [-0.25, -0.2) is 9.78 Å². The summed E-state index contributed by atoms with van der Waals surface area (Å²) in [7, 11) is 1.30. The molecule has 0 radical (unpaired) electrons. The number of H-pyrrole nitrogens is 1. The van der Waals surface area contributed by atoms with Gasteiger partial charge in [0.05, 0.1) is 29.9 Å². The summed E-state index contributed by atoms with van der Waals surface area (Å²) in [5.41, 5.74) is 0.961. The Bertz CT molecular complexity index is 756. The second-order valence-electron chi connectivity index (χ2n) is 6.71. The lowest BCUT2D eigenvalue weighted by Crippen LogP contribution is -2.51. The number of amides is 2. The van der Waals surface area contributed by atoms with Gasteiger partial charge in [-0.1, -0.05) is 19.9 Å². The average Bonchev–Trinajstić information content (AvgIpc) is 3.38. The molecule has 2 N–H and O–H groups in total. The summed E-state index contributed by atoms with van der Waals surface area (Å²) in [4.78, 5) is 35.5. The van der Waals surface area contributed by atoms with Crippen LogP contribution >= 0.6 is 11.3 Å². The molecule has 0 aromatic carbocycles. The van der Waals surface area contributed by atoms with E-state index in [1.54, 1.807) is 11.3 Å². The molecule has 8 heteroatoms.